The molecule has 1 aromatic carbocycles. The second-order valence-electron chi connectivity index (χ2n) is 3.60. The summed E-state index contributed by atoms with van der Waals surface area (Å²) in [4.78, 5) is 8.42. The first-order valence-electron chi connectivity index (χ1n) is 4.94. The number of nitrogens with zero attached hydrogens (tertiary/aromatic N) is 2. The fourth-order valence-corrected chi connectivity index (χ4v) is 1.71. The molecule has 0 saturated heterocycles. The third-order valence-electron chi connectivity index (χ3n) is 2.15. The van der Waals surface area contributed by atoms with E-state index < -0.39 is 6.67 Å². The van der Waals surface area contributed by atoms with Crippen molar-refractivity contribution in [1.29, 1.82) is 0 Å². The van der Waals surface area contributed by atoms with Crippen LogP contribution >= 0.6 is 15.9 Å². The maximum atomic E-state index is 12.3. The predicted octanol–water partition coefficient (Wildman–Crippen LogP) is 3.16. The van der Waals surface area contributed by atoms with Crippen molar-refractivity contribution in [3.05, 3.63) is 28.9 Å². The van der Waals surface area contributed by atoms with Gasteiger partial charge >= 0.3 is 0 Å². The minimum atomic E-state index is -0.443. The van der Waals surface area contributed by atoms with Gasteiger partial charge < -0.3 is 5.32 Å². The standard InChI is InChI=1S/C11H11BrFN3/c1-7(5-13)15-11-14-6-8-4-9(12)2-3-10(8)16-11/h2-4,6-7H,5H2,1H3,(H,14,15,16). The molecule has 2 aromatic rings. The van der Waals surface area contributed by atoms with Gasteiger partial charge in [-0.15, -0.1) is 0 Å². The Morgan fingerprint density at radius 3 is 3.06 bits per heavy atom. The highest BCUT2D eigenvalue weighted by Gasteiger charge is 2.04. The average Bonchev–Trinajstić information content (AvgIpc) is 2.29. The first kappa shape index (κ1) is 11.3. The Kier molecular flexibility index (Phi) is 3.33. The summed E-state index contributed by atoms with van der Waals surface area (Å²) in [5.74, 6) is 0.458. The van der Waals surface area contributed by atoms with Crippen molar-refractivity contribution < 1.29 is 4.39 Å². The molecule has 3 nitrogen and oxygen atoms in total. The molecule has 84 valence electrons. The van der Waals surface area contributed by atoms with Crippen molar-refractivity contribution in [2.45, 2.75) is 13.0 Å². The van der Waals surface area contributed by atoms with E-state index in [-0.39, 0.29) is 6.04 Å². The summed E-state index contributed by atoms with van der Waals surface area (Å²) in [7, 11) is 0. The van der Waals surface area contributed by atoms with E-state index >= 15 is 0 Å². The summed E-state index contributed by atoms with van der Waals surface area (Å²) in [5, 5.41) is 3.84. The Balaban J connectivity index is 2.33. The van der Waals surface area contributed by atoms with Crippen LogP contribution in [0.25, 0.3) is 10.9 Å². The predicted molar refractivity (Wildman–Crippen MR) is 66.3 cm³/mol. The summed E-state index contributed by atoms with van der Waals surface area (Å²) in [6.45, 7) is 1.30. The van der Waals surface area contributed by atoms with Crippen LogP contribution in [0.2, 0.25) is 0 Å². The smallest absolute Gasteiger partial charge is 0.223 e. The van der Waals surface area contributed by atoms with E-state index in [0.717, 1.165) is 15.4 Å². The van der Waals surface area contributed by atoms with Crippen LogP contribution in [0.15, 0.2) is 28.9 Å². The zero-order chi connectivity index (χ0) is 11.5. The van der Waals surface area contributed by atoms with Crippen LogP contribution < -0.4 is 5.32 Å². The SMILES string of the molecule is CC(CF)Nc1ncc2cc(Br)ccc2n1. The van der Waals surface area contributed by atoms with Crippen LogP contribution in [0.1, 0.15) is 6.92 Å². The van der Waals surface area contributed by atoms with E-state index in [4.69, 9.17) is 0 Å². The first-order chi connectivity index (χ1) is 7.69. The molecular formula is C11H11BrFN3. The number of fused-ring (bicyclic) bond motifs is 1. The van der Waals surface area contributed by atoms with E-state index in [9.17, 15) is 4.39 Å². The molecule has 0 radical (unpaired) electrons. The van der Waals surface area contributed by atoms with Gasteiger partial charge in [0.2, 0.25) is 5.95 Å². The fraction of sp³-hybridized carbons (Fsp3) is 0.273. The normalized spacial score (nSPS) is 12.7. The van der Waals surface area contributed by atoms with Crippen LogP contribution in [0.3, 0.4) is 0 Å². The van der Waals surface area contributed by atoms with Crippen molar-refractivity contribution >= 4 is 32.8 Å². The van der Waals surface area contributed by atoms with Gasteiger partial charge in [0, 0.05) is 16.1 Å². The Bertz CT molecular complexity index is 504. The molecule has 1 unspecified atom stereocenters. The number of aromatic nitrogens is 2. The number of hydrogen-bond acceptors (Lipinski definition) is 3. The number of alkyl halides is 1. The maximum Gasteiger partial charge on any atom is 0.223 e. The minimum Gasteiger partial charge on any atom is -0.349 e. The topological polar surface area (TPSA) is 37.8 Å². The Labute approximate surface area is 101 Å². The molecular weight excluding hydrogens is 273 g/mol. The van der Waals surface area contributed by atoms with Crippen LogP contribution in [0.4, 0.5) is 10.3 Å². The number of halogens is 2. The number of nitrogens with one attached hydrogen (secondary N) is 1. The van der Waals surface area contributed by atoms with Crippen LogP contribution in [-0.4, -0.2) is 22.7 Å². The van der Waals surface area contributed by atoms with Gasteiger partial charge in [-0.05, 0) is 25.1 Å². The molecule has 0 amide bonds. The molecule has 0 saturated carbocycles. The van der Waals surface area contributed by atoms with Gasteiger partial charge in [-0.3, -0.25) is 0 Å². The molecule has 0 aliphatic carbocycles. The maximum absolute atomic E-state index is 12.3. The molecule has 0 fully saturated rings. The lowest BCUT2D eigenvalue weighted by Gasteiger charge is -2.09. The lowest BCUT2D eigenvalue weighted by molar-refractivity contribution is 0.459. The molecule has 1 atom stereocenters. The zero-order valence-corrected chi connectivity index (χ0v) is 10.3. The molecule has 5 heteroatoms. The summed E-state index contributed by atoms with van der Waals surface area (Å²) < 4.78 is 13.3. The van der Waals surface area contributed by atoms with Crippen molar-refractivity contribution in [2.24, 2.45) is 0 Å². The molecule has 1 aromatic heterocycles. The van der Waals surface area contributed by atoms with Gasteiger partial charge in [-0.2, -0.15) is 0 Å². The van der Waals surface area contributed by atoms with Gasteiger partial charge in [0.25, 0.3) is 0 Å². The van der Waals surface area contributed by atoms with E-state index in [1.807, 2.05) is 18.2 Å². The number of rotatable bonds is 3. The van der Waals surface area contributed by atoms with Crippen LogP contribution in [0.5, 0.6) is 0 Å². The molecule has 0 spiro atoms. The van der Waals surface area contributed by atoms with Crippen LogP contribution in [-0.2, 0) is 0 Å². The summed E-state index contributed by atoms with van der Waals surface area (Å²) in [6.07, 6.45) is 1.72. The molecule has 1 heterocycles. The molecule has 0 aliphatic heterocycles. The molecule has 0 bridgehead atoms. The van der Waals surface area contributed by atoms with E-state index in [0.29, 0.717) is 5.95 Å². The summed E-state index contributed by atoms with van der Waals surface area (Å²) in [6, 6.07) is 5.48. The van der Waals surface area contributed by atoms with Crippen molar-refractivity contribution in [3.8, 4) is 0 Å². The largest absolute Gasteiger partial charge is 0.349 e. The Hall–Kier alpha value is -1.23. The lowest BCUT2D eigenvalue weighted by atomic mass is 10.2. The average molecular weight is 284 g/mol. The third-order valence-corrected chi connectivity index (χ3v) is 2.64. The molecule has 2 rings (SSSR count). The first-order valence-corrected chi connectivity index (χ1v) is 5.73. The highest BCUT2D eigenvalue weighted by Crippen LogP contribution is 2.18. The van der Waals surface area contributed by atoms with Crippen LogP contribution in [0, 0.1) is 0 Å². The van der Waals surface area contributed by atoms with Gasteiger partial charge in [0.1, 0.15) is 6.67 Å². The molecule has 1 N–H and O–H groups in total. The number of anilines is 1. The fourth-order valence-electron chi connectivity index (χ4n) is 1.33. The van der Waals surface area contributed by atoms with Gasteiger partial charge in [-0.1, -0.05) is 15.9 Å². The van der Waals surface area contributed by atoms with Gasteiger partial charge in [0.15, 0.2) is 0 Å². The van der Waals surface area contributed by atoms with E-state index in [2.05, 4.69) is 31.2 Å². The summed E-state index contributed by atoms with van der Waals surface area (Å²) in [5.41, 5.74) is 0.840. The third kappa shape index (κ3) is 2.47. The lowest BCUT2D eigenvalue weighted by Crippen LogP contribution is -2.18. The second kappa shape index (κ2) is 4.74. The highest BCUT2D eigenvalue weighted by molar-refractivity contribution is 9.10. The Morgan fingerprint density at radius 2 is 2.31 bits per heavy atom. The van der Waals surface area contributed by atoms with Crippen molar-refractivity contribution in [3.63, 3.8) is 0 Å². The highest BCUT2D eigenvalue weighted by atomic mass is 79.9. The number of benzene rings is 1. The van der Waals surface area contributed by atoms with Crippen molar-refractivity contribution in [2.75, 3.05) is 12.0 Å². The molecule has 16 heavy (non-hydrogen) atoms. The van der Waals surface area contributed by atoms with Crippen molar-refractivity contribution in [1.82, 2.24) is 9.97 Å². The monoisotopic (exact) mass is 283 g/mol. The van der Waals surface area contributed by atoms with E-state index in [1.54, 1.807) is 13.1 Å². The zero-order valence-electron chi connectivity index (χ0n) is 8.74. The van der Waals surface area contributed by atoms with E-state index in [1.165, 1.54) is 0 Å². The number of hydrogen-bond donors (Lipinski definition) is 1. The quantitative estimate of drug-likeness (QED) is 0.940. The molecule has 0 aliphatic rings. The Morgan fingerprint density at radius 1 is 1.50 bits per heavy atom. The summed E-state index contributed by atoms with van der Waals surface area (Å²) >= 11 is 3.38. The van der Waals surface area contributed by atoms with Gasteiger partial charge in [-0.25, -0.2) is 14.4 Å². The van der Waals surface area contributed by atoms with Gasteiger partial charge in [0.05, 0.1) is 11.6 Å². The second-order valence-corrected chi connectivity index (χ2v) is 4.51. The minimum absolute atomic E-state index is 0.270.